The molecule has 0 spiro atoms. The molecule has 1 radical (unpaired) electrons. The number of benzene rings is 2. The molecule has 9 nitrogen and oxygen atoms in total. The molecule has 0 unspecified atom stereocenters. The van der Waals surface area contributed by atoms with Gasteiger partial charge in [0, 0.05) is 23.2 Å². The number of anilines is 2. The molecule has 0 saturated carbocycles. The Balaban J connectivity index is 0.000000587. The van der Waals surface area contributed by atoms with Crippen molar-refractivity contribution in [1.29, 1.82) is 0 Å². The number of fused-ring (bicyclic) bond motifs is 2. The number of hydrogen-bond acceptors (Lipinski definition) is 7. The molecule has 2 aromatic rings. The third-order valence-electron chi connectivity index (χ3n) is 4.99. The molecule has 5 N–H and O–H groups in total. The van der Waals surface area contributed by atoms with Crippen LogP contribution in [0.4, 0.5) is 11.4 Å². The van der Waals surface area contributed by atoms with Crippen LogP contribution in [0.25, 0.3) is 0 Å². The van der Waals surface area contributed by atoms with Crippen LogP contribution in [0.1, 0.15) is 40.2 Å². The molecule has 0 atom stereocenters. The molecule has 34 heavy (non-hydrogen) atoms. The van der Waals surface area contributed by atoms with Gasteiger partial charge in [-0.1, -0.05) is 39.8 Å². The average molecular weight is 479 g/mol. The van der Waals surface area contributed by atoms with Crippen LogP contribution in [0.15, 0.2) is 36.4 Å². The van der Waals surface area contributed by atoms with Gasteiger partial charge in [-0.3, -0.25) is 20.1 Å². The fourth-order valence-electron chi connectivity index (χ4n) is 3.00. The molecule has 2 aromatic carbocycles. The van der Waals surface area contributed by atoms with Crippen LogP contribution in [0, 0.1) is 11.8 Å². The maximum absolute atomic E-state index is 11.5. The molecule has 0 bridgehead atoms. The molecule has 0 saturated heterocycles. The zero-order valence-corrected chi connectivity index (χ0v) is 22.2. The van der Waals surface area contributed by atoms with Gasteiger partial charge in [0.25, 0.3) is 0 Å². The van der Waals surface area contributed by atoms with Gasteiger partial charge in [0.2, 0.25) is 11.8 Å². The van der Waals surface area contributed by atoms with Crippen LogP contribution in [0.2, 0.25) is 0 Å². The van der Waals surface area contributed by atoms with Gasteiger partial charge in [0.1, 0.15) is 0 Å². The quantitative estimate of drug-likeness (QED) is 0.209. The summed E-state index contributed by atoms with van der Waals surface area (Å²) in [5.74, 6) is -0.0601. The summed E-state index contributed by atoms with van der Waals surface area (Å²) >= 11 is 0. The van der Waals surface area contributed by atoms with Gasteiger partial charge >= 0.3 is 44.2 Å². The number of hydrogen-bond donors (Lipinski definition) is 5. The maximum Gasteiger partial charge on any atom is 1.00 e. The Kier molecular flexibility index (Phi) is 13.1. The van der Waals surface area contributed by atoms with Crippen molar-refractivity contribution in [3.05, 3.63) is 47.5 Å². The van der Waals surface area contributed by atoms with Crippen molar-refractivity contribution in [1.82, 2.24) is 0 Å². The van der Waals surface area contributed by atoms with Crippen molar-refractivity contribution in [2.24, 2.45) is 11.8 Å². The fourth-order valence-corrected chi connectivity index (χ4v) is 3.00. The van der Waals surface area contributed by atoms with Gasteiger partial charge < -0.3 is 26.4 Å². The first-order valence-corrected chi connectivity index (χ1v) is 10.6. The van der Waals surface area contributed by atoms with Crippen molar-refractivity contribution in [3.8, 4) is 0 Å². The van der Waals surface area contributed by atoms with Gasteiger partial charge in [-0.05, 0) is 46.3 Å². The first-order chi connectivity index (χ1) is 15.7. The molecule has 0 fully saturated rings. The standard InChI is InChI=1S/C11H14BNO3.C11H13BNO2.Na.H2O2.H/c1-7(2)11(14)13-9-4-3-8-6-16-12(15)10(8)5-9;1-7(2)11(14)13-9-4-3-8-6-15-12-10(8)5-9;;1-2;/h3-5,7,15H,6H2,1-2H3,(H,13,14);3-5,7H,6H2,1-2H3,(H,13,14);;1-2H;/q;;+1;;-1. The van der Waals surface area contributed by atoms with E-state index >= 15 is 0 Å². The van der Waals surface area contributed by atoms with Crippen molar-refractivity contribution < 1.29 is 65.4 Å². The Bertz CT molecular complexity index is 983. The predicted octanol–water partition coefficient (Wildman–Crippen LogP) is -1.31. The van der Waals surface area contributed by atoms with Crippen LogP contribution in [0.5, 0.6) is 0 Å². The number of nitrogens with one attached hydrogen (secondary N) is 2. The minimum atomic E-state index is -0.870. The Labute approximate surface area is 224 Å². The van der Waals surface area contributed by atoms with E-state index in [0.29, 0.717) is 18.9 Å². The number of carbonyl (C=O) groups is 2. The zero-order chi connectivity index (χ0) is 24.5. The third kappa shape index (κ3) is 8.51. The fraction of sp³-hybridized carbons (Fsp3) is 0.364. The van der Waals surface area contributed by atoms with Crippen LogP contribution >= 0.6 is 0 Å². The first kappa shape index (κ1) is 30.3. The van der Waals surface area contributed by atoms with Crippen LogP contribution < -0.4 is 51.1 Å². The summed E-state index contributed by atoms with van der Waals surface area (Å²) < 4.78 is 10.3. The molecule has 2 aliphatic rings. The summed E-state index contributed by atoms with van der Waals surface area (Å²) in [5, 5.41) is 27.2. The summed E-state index contributed by atoms with van der Waals surface area (Å²) in [6.07, 6.45) is 0. The summed E-state index contributed by atoms with van der Waals surface area (Å²) in [6.45, 7) is 8.47. The van der Waals surface area contributed by atoms with Gasteiger partial charge in [0.05, 0.1) is 13.2 Å². The Morgan fingerprint density at radius 2 is 1.47 bits per heavy atom. The van der Waals surface area contributed by atoms with Crippen molar-refractivity contribution in [3.63, 3.8) is 0 Å². The minimum Gasteiger partial charge on any atom is -1.00 e. The largest absolute Gasteiger partial charge is 1.00 e. The number of rotatable bonds is 4. The topological polar surface area (TPSA) is 137 Å². The van der Waals surface area contributed by atoms with Crippen LogP contribution in [-0.2, 0) is 32.1 Å². The van der Waals surface area contributed by atoms with E-state index in [1.54, 1.807) is 13.5 Å². The molecule has 2 amide bonds. The summed E-state index contributed by atoms with van der Waals surface area (Å²) in [5.41, 5.74) is 5.45. The third-order valence-corrected chi connectivity index (χ3v) is 4.99. The van der Waals surface area contributed by atoms with Gasteiger partial charge in [-0.15, -0.1) is 0 Å². The molecular formula is C22H30B2N2NaO7. The second-order valence-corrected chi connectivity index (χ2v) is 8.21. The smallest absolute Gasteiger partial charge is 1.00 e. The van der Waals surface area contributed by atoms with Crippen molar-refractivity contribution in [2.75, 3.05) is 10.6 Å². The molecule has 177 valence electrons. The van der Waals surface area contributed by atoms with E-state index in [2.05, 4.69) is 10.6 Å². The minimum absolute atomic E-state index is 0. The summed E-state index contributed by atoms with van der Waals surface area (Å²) in [6, 6.07) is 11.3. The molecule has 4 rings (SSSR count). The molecule has 2 heterocycles. The average Bonchev–Trinajstić information content (AvgIpc) is 3.41. The maximum atomic E-state index is 11.5. The van der Waals surface area contributed by atoms with Gasteiger partial charge in [0.15, 0.2) is 0 Å². The molecule has 0 aliphatic carbocycles. The van der Waals surface area contributed by atoms with Crippen LogP contribution in [0.3, 0.4) is 0 Å². The normalized spacial score (nSPS) is 12.8. The van der Waals surface area contributed by atoms with Crippen molar-refractivity contribution >= 4 is 48.7 Å². The zero-order valence-electron chi connectivity index (χ0n) is 21.2. The van der Waals surface area contributed by atoms with E-state index in [4.69, 9.17) is 19.8 Å². The van der Waals surface area contributed by atoms with E-state index < -0.39 is 7.12 Å². The SMILES string of the molecule is CC(C)C(=O)Nc1ccc2c(c1)B(O)OC2.CC(C)C(=O)Nc1ccc2c(c1)[B]OC2.OO.[H-].[Na+]. The summed E-state index contributed by atoms with van der Waals surface area (Å²) in [4.78, 5) is 22.9. The van der Waals surface area contributed by atoms with E-state index in [1.165, 1.54) is 0 Å². The van der Waals surface area contributed by atoms with Gasteiger partial charge in [-0.25, -0.2) is 0 Å². The predicted molar refractivity (Wildman–Crippen MR) is 129 cm³/mol. The van der Waals surface area contributed by atoms with E-state index in [1.807, 2.05) is 58.0 Å². The molecule has 0 aromatic heterocycles. The van der Waals surface area contributed by atoms with Crippen molar-refractivity contribution in [2.45, 2.75) is 40.9 Å². The second-order valence-electron chi connectivity index (χ2n) is 8.21. The molecular weight excluding hydrogens is 449 g/mol. The first-order valence-electron chi connectivity index (χ1n) is 10.6. The Hall–Kier alpha value is -1.69. The van der Waals surface area contributed by atoms with Crippen LogP contribution in [-0.4, -0.2) is 42.0 Å². The molecule has 2 aliphatic heterocycles. The number of amides is 2. The summed E-state index contributed by atoms with van der Waals surface area (Å²) in [7, 11) is 0.853. The second kappa shape index (κ2) is 14.7. The van der Waals surface area contributed by atoms with E-state index in [0.717, 1.165) is 27.7 Å². The Morgan fingerprint density at radius 1 is 0.941 bits per heavy atom. The Morgan fingerprint density at radius 3 is 2.03 bits per heavy atom. The monoisotopic (exact) mass is 479 g/mol. The molecule has 12 heteroatoms. The van der Waals surface area contributed by atoms with Gasteiger partial charge in [-0.2, -0.15) is 0 Å². The van der Waals surface area contributed by atoms with E-state index in [-0.39, 0.29) is 54.6 Å². The number of carbonyl (C=O) groups excluding carboxylic acids is 2. The van der Waals surface area contributed by atoms with E-state index in [9.17, 15) is 14.6 Å².